The zero-order chi connectivity index (χ0) is 21.4. The number of aryl methyl sites for hydroxylation is 1. The standard InChI is InChI=1S/C26H23N3O2/c1-18-11-13-19(14-12-18)15-29-22-9-5-4-8-21(22)24-25(29)26(30)28(17-27-24)16-20-7-3-6-10-23(20)31-2/h3-14,17H,15-16H2,1-2H3. The van der Waals surface area contributed by atoms with Crippen molar-refractivity contribution in [2.75, 3.05) is 7.11 Å². The lowest BCUT2D eigenvalue weighted by molar-refractivity contribution is 0.408. The van der Waals surface area contributed by atoms with Crippen LogP contribution in [0.25, 0.3) is 21.9 Å². The zero-order valence-corrected chi connectivity index (χ0v) is 17.6. The molecule has 5 aromatic rings. The van der Waals surface area contributed by atoms with Crippen LogP contribution in [0.15, 0.2) is 83.9 Å². The van der Waals surface area contributed by atoms with Gasteiger partial charge in [0, 0.05) is 17.5 Å². The van der Waals surface area contributed by atoms with E-state index in [1.165, 1.54) is 5.56 Å². The molecule has 31 heavy (non-hydrogen) atoms. The Labute approximate surface area is 180 Å². The third-order valence-electron chi connectivity index (χ3n) is 5.73. The fourth-order valence-electron chi connectivity index (χ4n) is 4.12. The molecule has 5 nitrogen and oxygen atoms in total. The average Bonchev–Trinajstić information content (AvgIpc) is 3.12. The summed E-state index contributed by atoms with van der Waals surface area (Å²) in [6.45, 7) is 3.09. The van der Waals surface area contributed by atoms with E-state index in [-0.39, 0.29) is 5.56 Å². The van der Waals surface area contributed by atoms with Gasteiger partial charge in [-0.25, -0.2) is 4.98 Å². The summed E-state index contributed by atoms with van der Waals surface area (Å²) in [5.74, 6) is 0.759. The van der Waals surface area contributed by atoms with E-state index in [1.54, 1.807) is 18.0 Å². The summed E-state index contributed by atoms with van der Waals surface area (Å²) in [4.78, 5) is 18.3. The Morgan fingerprint density at radius 3 is 2.45 bits per heavy atom. The van der Waals surface area contributed by atoms with Crippen molar-refractivity contribution < 1.29 is 4.74 Å². The molecule has 0 aliphatic rings. The topological polar surface area (TPSA) is 49.0 Å². The van der Waals surface area contributed by atoms with Crippen LogP contribution in [0.4, 0.5) is 0 Å². The molecule has 5 heteroatoms. The maximum absolute atomic E-state index is 13.6. The number of aromatic nitrogens is 3. The van der Waals surface area contributed by atoms with Gasteiger partial charge in [0.25, 0.3) is 5.56 Å². The van der Waals surface area contributed by atoms with Crippen LogP contribution in [0.2, 0.25) is 0 Å². The summed E-state index contributed by atoms with van der Waals surface area (Å²) in [6.07, 6.45) is 1.64. The van der Waals surface area contributed by atoms with E-state index >= 15 is 0 Å². The molecule has 0 spiro atoms. The highest BCUT2D eigenvalue weighted by atomic mass is 16.5. The van der Waals surface area contributed by atoms with Crippen LogP contribution >= 0.6 is 0 Å². The summed E-state index contributed by atoms with van der Waals surface area (Å²) in [7, 11) is 1.64. The normalized spacial score (nSPS) is 11.3. The van der Waals surface area contributed by atoms with Gasteiger partial charge in [0.1, 0.15) is 16.8 Å². The average molecular weight is 409 g/mol. The Balaban J connectivity index is 1.69. The molecule has 154 valence electrons. The molecule has 0 N–H and O–H groups in total. The van der Waals surface area contributed by atoms with Gasteiger partial charge < -0.3 is 9.30 Å². The summed E-state index contributed by atoms with van der Waals surface area (Å²) in [5.41, 5.74) is 5.62. The maximum Gasteiger partial charge on any atom is 0.278 e. The van der Waals surface area contributed by atoms with Crippen LogP contribution in [-0.4, -0.2) is 21.2 Å². The van der Waals surface area contributed by atoms with Crippen LogP contribution in [-0.2, 0) is 13.1 Å². The van der Waals surface area contributed by atoms with E-state index < -0.39 is 0 Å². The Bertz CT molecular complexity index is 1450. The molecular formula is C26H23N3O2. The molecular weight excluding hydrogens is 386 g/mol. The van der Waals surface area contributed by atoms with E-state index in [2.05, 4.69) is 41.8 Å². The number of benzene rings is 3. The van der Waals surface area contributed by atoms with E-state index in [1.807, 2.05) is 42.5 Å². The minimum Gasteiger partial charge on any atom is -0.496 e. The van der Waals surface area contributed by atoms with Crippen LogP contribution in [0.3, 0.4) is 0 Å². The van der Waals surface area contributed by atoms with Crippen molar-refractivity contribution in [1.82, 2.24) is 14.1 Å². The number of hydrogen-bond acceptors (Lipinski definition) is 3. The van der Waals surface area contributed by atoms with E-state index in [0.717, 1.165) is 33.3 Å². The van der Waals surface area contributed by atoms with Crippen molar-refractivity contribution in [3.8, 4) is 5.75 Å². The van der Waals surface area contributed by atoms with E-state index in [0.29, 0.717) is 18.6 Å². The minimum atomic E-state index is -0.0563. The smallest absolute Gasteiger partial charge is 0.278 e. The van der Waals surface area contributed by atoms with E-state index in [4.69, 9.17) is 9.72 Å². The number of rotatable bonds is 5. The molecule has 0 radical (unpaired) electrons. The second kappa shape index (κ2) is 7.76. The molecule has 0 atom stereocenters. The Hall–Kier alpha value is -3.86. The summed E-state index contributed by atoms with van der Waals surface area (Å²) in [5, 5.41) is 0.992. The van der Waals surface area contributed by atoms with Crippen LogP contribution in [0.5, 0.6) is 5.75 Å². The molecule has 2 heterocycles. The monoisotopic (exact) mass is 409 g/mol. The summed E-state index contributed by atoms with van der Waals surface area (Å²) in [6, 6.07) is 24.2. The van der Waals surface area contributed by atoms with Crippen molar-refractivity contribution in [3.05, 3.63) is 106 Å². The van der Waals surface area contributed by atoms with Gasteiger partial charge in [-0.1, -0.05) is 66.2 Å². The number of methoxy groups -OCH3 is 1. The van der Waals surface area contributed by atoms with Gasteiger partial charge in [0.05, 0.1) is 25.5 Å². The number of ether oxygens (including phenoxy) is 1. The van der Waals surface area contributed by atoms with Gasteiger partial charge in [0.15, 0.2) is 0 Å². The van der Waals surface area contributed by atoms with Gasteiger partial charge in [-0.2, -0.15) is 0 Å². The Morgan fingerprint density at radius 1 is 0.903 bits per heavy atom. The molecule has 0 aliphatic carbocycles. The molecule has 2 aromatic heterocycles. The van der Waals surface area contributed by atoms with Gasteiger partial charge in [-0.05, 0) is 24.6 Å². The molecule has 0 fully saturated rings. The molecule has 0 amide bonds. The van der Waals surface area contributed by atoms with Crippen molar-refractivity contribution in [3.63, 3.8) is 0 Å². The SMILES string of the molecule is COc1ccccc1Cn1cnc2c3ccccc3n(Cc3ccc(C)cc3)c2c1=O. The first-order valence-electron chi connectivity index (χ1n) is 10.3. The first-order valence-corrected chi connectivity index (χ1v) is 10.3. The third-order valence-corrected chi connectivity index (χ3v) is 5.73. The summed E-state index contributed by atoms with van der Waals surface area (Å²) >= 11 is 0. The number of nitrogens with zero attached hydrogens (tertiary/aromatic N) is 3. The molecule has 0 unspecified atom stereocenters. The lowest BCUT2D eigenvalue weighted by Crippen LogP contribution is -2.23. The van der Waals surface area contributed by atoms with Gasteiger partial charge >= 0.3 is 0 Å². The van der Waals surface area contributed by atoms with Crippen molar-refractivity contribution in [2.45, 2.75) is 20.0 Å². The Kier molecular flexibility index (Phi) is 4.79. The first-order chi connectivity index (χ1) is 15.2. The quantitative estimate of drug-likeness (QED) is 0.420. The molecule has 0 saturated heterocycles. The second-order valence-corrected chi connectivity index (χ2v) is 7.78. The largest absolute Gasteiger partial charge is 0.496 e. The van der Waals surface area contributed by atoms with Crippen molar-refractivity contribution >= 4 is 21.9 Å². The van der Waals surface area contributed by atoms with Crippen molar-refractivity contribution in [2.24, 2.45) is 0 Å². The number of para-hydroxylation sites is 2. The van der Waals surface area contributed by atoms with Gasteiger partial charge in [-0.15, -0.1) is 0 Å². The molecule has 0 saturated carbocycles. The predicted molar refractivity (Wildman–Crippen MR) is 124 cm³/mol. The Morgan fingerprint density at radius 2 is 1.65 bits per heavy atom. The predicted octanol–water partition coefficient (Wildman–Crippen LogP) is 4.76. The van der Waals surface area contributed by atoms with Crippen molar-refractivity contribution in [1.29, 1.82) is 0 Å². The highest BCUT2D eigenvalue weighted by Gasteiger charge is 2.17. The molecule has 0 aliphatic heterocycles. The van der Waals surface area contributed by atoms with Crippen LogP contribution in [0, 0.1) is 6.92 Å². The maximum atomic E-state index is 13.6. The summed E-state index contributed by atoms with van der Waals surface area (Å²) < 4.78 is 9.21. The molecule has 0 bridgehead atoms. The van der Waals surface area contributed by atoms with Gasteiger partial charge in [-0.3, -0.25) is 9.36 Å². The minimum absolute atomic E-state index is 0.0563. The number of fused-ring (bicyclic) bond motifs is 3. The van der Waals surface area contributed by atoms with Crippen LogP contribution < -0.4 is 10.3 Å². The second-order valence-electron chi connectivity index (χ2n) is 7.78. The van der Waals surface area contributed by atoms with Gasteiger partial charge in [0.2, 0.25) is 0 Å². The van der Waals surface area contributed by atoms with Crippen LogP contribution in [0.1, 0.15) is 16.7 Å². The highest BCUT2D eigenvalue weighted by Crippen LogP contribution is 2.26. The molecule has 5 rings (SSSR count). The lowest BCUT2D eigenvalue weighted by atomic mass is 10.1. The first kappa shape index (κ1) is 19.1. The zero-order valence-electron chi connectivity index (χ0n) is 17.6. The third kappa shape index (κ3) is 3.38. The lowest BCUT2D eigenvalue weighted by Gasteiger charge is -2.11. The fourth-order valence-corrected chi connectivity index (χ4v) is 4.12. The van der Waals surface area contributed by atoms with E-state index in [9.17, 15) is 4.79 Å². The highest BCUT2D eigenvalue weighted by molar-refractivity contribution is 6.05. The number of hydrogen-bond donors (Lipinski definition) is 0. The molecule has 3 aromatic carbocycles. The fraction of sp³-hybridized carbons (Fsp3) is 0.154.